The van der Waals surface area contributed by atoms with E-state index in [1.165, 1.54) is 23.5 Å². The Morgan fingerprint density at radius 3 is 3.00 bits per heavy atom. The second-order valence-corrected chi connectivity index (χ2v) is 7.64. The number of nitrogens with one attached hydrogen (secondary N) is 3. The Bertz CT molecular complexity index is 1090. The van der Waals surface area contributed by atoms with E-state index in [9.17, 15) is 14.0 Å². The molecule has 7 nitrogen and oxygen atoms in total. The number of urea groups is 1. The molecule has 0 radical (unpaired) electrons. The lowest BCUT2D eigenvalue weighted by Crippen LogP contribution is -2.28. The molecule has 3 heterocycles. The van der Waals surface area contributed by atoms with Gasteiger partial charge in [-0.15, -0.1) is 0 Å². The molecule has 1 saturated heterocycles. The highest BCUT2D eigenvalue weighted by atomic mass is 32.1. The lowest BCUT2D eigenvalue weighted by molar-refractivity contribution is 0.252. The van der Waals surface area contributed by atoms with Gasteiger partial charge in [0.15, 0.2) is 5.13 Å². The summed E-state index contributed by atoms with van der Waals surface area (Å²) in [4.78, 5) is 28.5. The van der Waals surface area contributed by atoms with Crippen molar-refractivity contribution in [2.75, 3.05) is 25.0 Å². The van der Waals surface area contributed by atoms with Gasteiger partial charge in [0.25, 0.3) is 5.56 Å². The van der Waals surface area contributed by atoms with Gasteiger partial charge in [0.2, 0.25) is 0 Å². The number of rotatable bonds is 4. The van der Waals surface area contributed by atoms with Gasteiger partial charge in [-0.2, -0.15) is 0 Å². The summed E-state index contributed by atoms with van der Waals surface area (Å²) in [5.41, 5.74) is 1.24. The van der Waals surface area contributed by atoms with E-state index in [-0.39, 0.29) is 17.6 Å². The summed E-state index contributed by atoms with van der Waals surface area (Å²) in [5, 5.41) is 8.88. The van der Waals surface area contributed by atoms with Gasteiger partial charge in [-0.05, 0) is 43.7 Å². The van der Waals surface area contributed by atoms with Crippen molar-refractivity contribution >= 4 is 32.7 Å². The molecule has 2 aromatic heterocycles. The third kappa shape index (κ3) is 3.63. The highest BCUT2D eigenvalue weighted by Gasteiger charge is 2.18. The zero-order valence-corrected chi connectivity index (χ0v) is 16.1. The van der Waals surface area contributed by atoms with E-state index in [2.05, 4.69) is 20.9 Å². The van der Waals surface area contributed by atoms with Crippen LogP contribution in [0.4, 0.5) is 14.3 Å². The number of carbonyl (C=O) groups excluding carboxylic acids is 1. The first-order valence-corrected chi connectivity index (χ1v) is 9.95. The van der Waals surface area contributed by atoms with E-state index in [1.807, 2.05) is 6.92 Å². The smallest absolute Gasteiger partial charge is 0.321 e. The second-order valence-electron chi connectivity index (χ2n) is 6.61. The fourth-order valence-electron chi connectivity index (χ4n) is 3.36. The molecule has 1 unspecified atom stereocenters. The number of halogens is 1. The van der Waals surface area contributed by atoms with Crippen LogP contribution in [0, 0.1) is 5.82 Å². The number of amides is 2. The molecule has 1 fully saturated rings. The van der Waals surface area contributed by atoms with Crippen molar-refractivity contribution in [2.45, 2.75) is 19.4 Å². The molecule has 0 saturated carbocycles. The molecule has 1 aliphatic rings. The summed E-state index contributed by atoms with van der Waals surface area (Å²) < 4.78 is 17.0. The molecule has 9 heteroatoms. The van der Waals surface area contributed by atoms with E-state index >= 15 is 0 Å². The maximum atomic E-state index is 14.7. The van der Waals surface area contributed by atoms with Crippen LogP contribution in [0.15, 0.2) is 35.3 Å². The van der Waals surface area contributed by atoms with E-state index in [4.69, 9.17) is 0 Å². The van der Waals surface area contributed by atoms with Crippen LogP contribution in [0.25, 0.3) is 21.3 Å². The summed E-state index contributed by atoms with van der Waals surface area (Å²) >= 11 is 1.20. The van der Waals surface area contributed by atoms with Gasteiger partial charge in [-0.25, -0.2) is 14.2 Å². The number of fused-ring (bicyclic) bond motifs is 1. The molecule has 0 spiro atoms. The molecule has 3 N–H and O–H groups in total. The van der Waals surface area contributed by atoms with Crippen molar-refractivity contribution in [3.8, 4) is 11.1 Å². The van der Waals surface area contributed by atoms with Gasteiger partial charge in [-0.1, -0.05) is 11.3 Å². The molecule has 146 valence electrons. The van der Waals surface area contributed by atoms with Gasteiger partial charge >= 0.3 is 6.03 Å². The topological polar surface area (TPSA) is 88.1 Å². The molecule has 1 aliphatic heterocycles. The van der Waals surface area contributed by atoms with Crippen LogP contribution in [0.5, 0.6) is 0 Å². The molecular formula is C19H20FN5O2S. The Morgan fingerprint density at radius 1 is 1.43 bits per heavy atom. The van der Waals surface area contributed by atoms with Crippen LogP contribution >= 0.6 is 11.3 Å². The number of thiazole rings is 1. The molecule has 0 aliphatic carbocycles. The highest BCUT2D eigenvalue weighted by molar-refractivity contribution is 7.22. The number of hydrogen-bond acceptors (Lipinski definition) is 5. The minimum atomic E-state index is -0.430. The Balaban J connectivity index is 1.66. The van der Waals surface area contributed by atoms with Crippen molar-refractivity contribution < 1.29 is 9.18 Å². The Labute approximate surface area is 164 Å². The number of carbonyl (C=O) groups is 1. The first kappa shape index (κ1) is 18.6. The van der Waals surface area contributed by atoms with E-state index in [1.54, 1.807) is 22.9 Å². The van der Waals surface area contributed by atoms with Crippen LogP contribution in [-0.4, -0.2) is 35.2 Å². The summed E-state index contributed by atoms with van der Waals surface area (Å²) in [6.07, 6.45) is 2.63. The van der Waals surface area contributed by atoms with Gasteiger partial charge in [0.05, 0.1) is 16.3 Å². The van der Waals surface area contributed by atoms with E-state index in [0.29, 0.717) is 33.0 Å². The fraction of sp³-hybridized carbons (Fsp3) is 0.316. The van der Waals surface area contributed by atoms with Crippen molar-refractivity contribution in [2.24, 2.45) is 0 Å². The molecule has 1 aromatic carbocycles. The first-order valence-electron chi connectivity index (χ1n) is 9.13. The van der Waals surface area contributed by atoms with E-state index in [0.717, 1.165) is 19.5 Å². The fourth-order valence-corrected chi connectivity index (χ4v) is 4.23. The van der Waals surface area contributed by atoms with Gasteiger partial charge in [-0.3, -0.25) is 10.1 Å². The average Bonchev–Trinajstić information content (AvgIpc) is 3.30. The quantitative estimate of drug-likeness (QED) is 0.627. The Morgan fingerprint density at radius 2 is 2.29 bits per heavy atom. The molecule has 3 aromatic rings. The predicted molar refractivity (Wildman–Crippen MR) is 108 cm³/mol. The zero-order chi connectivity index (χ0) is 19.7. The number of nitrogens with zero attached hydrogens (tertiary/aromatic N) is 2. The third-order valence-corrected chi connectivity index (χ3v) is 5.66. The normalized spacial score (nSPS) is 16.4. The van der Waals surface area contributed by atoms with Crippen molar-refractivity contribution in [1.82, 2.24) is 20.2 Å². The van der Waals surface area contributed by atoms with Crippen LogP contribution < -0.4 is 21.5 Å². The van der Waals surface area contributed by atoms with Crippen molar-refractivity contribution in [3.63, 3.8) is 0 Å². The number of hydrogen-bond donors (Lipinski definition) is 3. The molecule has 1 atom stereocenters. The largest absolute Gasteiger partial charge is 0.338 e. The summed E-state index contributed by atoms with van der Waals surface area (Å²) in [5.74, 6) is -0.430. The van der Waals surface area contributed by atoms with Crippen molar-refractivity contribution in [3.05, 3.63) is 46.6 Å². The third-order valence-electron chi connectivity index (χ3n) is 4.72. The summed E-state index contributed by atoms with van der Waals surface area (Å²) in [7, 11) is 0. The number of benzene rings is 1. The highest BCUT2D eigenvalue weighted by Crippen LogP contribution is 2.32. The number of pyridine rings is 1. The zero-order valence-electron chi connectivity index (χ0n) is 15.3. The summed E-state index contributed by atoms with van der Waals surface area (Å²) in [6.45, 7) is 3.97. The Kier molecular flexibility index (Phi) is 5.10. The second kappa shape index (κ2) is 7.69. The molecule has 4 rings (SSSR count). The van der Waals surface area contributed by atoms with Crippen molar-refractivity contribution in [1.29, 1.82) is 0 Å². The monoisotopic (exact) mass is 401 g/mol. The van der Waals surface area contributed by atoms with Crippen LogP contribution in [-0.2, 0) is 0 Å². The maximum Gasteiger partial charge on any atom is 0.321 e. The maximum absolute atomic E-state index is 14.7. The number of aromatic nitrogens is 2. The first-order chi connectivity index (χ1) is 13.5. The minimum absolute atomic E-state index is 0.135. The van der Waals surface area contributed by atoms with E-state index < -0.39 is 5.82 Å². The average molecular weight is 401 g/mol. The van der Waals surface area contributed by atoms with Gasteiger partial charge in [0.1, 0.15) is 5.82 Å². The SMILES string of the molecule is CCNC(=O)Nc1nc2cc(-c3ccn(C4CCNC4)c(=O)c3)c(F)cc2s1. The van der Waals surface area contributed by atoms with Gasteiger partial charge < -0.3 is 15.2 Å². The van der Waals surface area contributed by atoms with Crippen LogP contribution in [0.1, 0.15) is 19.4 Å². The van der Waals surface area contributed by atoms with Gasteiger partial charge in [0, 0.05) is 30.9 Å². The molecule has 2 amide bonds. The van der Waals surface area contributed by atoms with Crippen LogP contribution in [0.3, 0.4) is 0 Å². The molecule has 0 bridgehead atoms. The predicted octanol–water partition coefficient (Wildman–Crippen LogP) is 2.94. The standard InChI is InChI=1S/C19H20FN5O2S/c1-2-22-18(27)24-19-23-15-8-13(14(20)9-16(15)28-19)11-4-6-25(17(26)7-11)12-3-5-21-10-12/h4,6-9,12,21H,2-3,5,10H2,1H3,(H2,22,23,24,27). The number of anilines is 1. The Hall–Kier alpha value is -2.78. The minimum Gasteiger partial charge on any atom is -0.338 e. The molecule has 28 heavy (non-hydrogen) atoms. The lowest BCUT2D eigenvalue weighted by Gasteiger charge is -2.13. The molecular weight excluding hydrogens is 381 g/mol. The lowest BCUT2D eigenvalue weighted by atomic mass is 10.1. The van der Waals surface area contributed by atoms with Crippen LogP contribution in [0.2, 0.25) is 0 Å². The summed E-state index contributed by atoms with van der Waals surface area (Å²) in [6, 6.07) is 5.99.